The molecule has 0 unspecified atom stereocenters. The third-order valence-electron chi connectivity index (χ3n) is 4.70. The number of phenolic OH excluding ortho intramolecular Hbond substituents is 2. The van der Waals surface area contributed by atoms with Crippen molar-refractivity contribution in [3.8, 4) is 11.5 Å². The van der Waals surface area contributed by atoms with Gasteiger partial charge >= 0.3 is 0 Å². The molecular formula is C17H18ClNO4. The van der Waals surface area contributed by atoms with Gasteiger partial charge in [0.25, 0.3) is 0 Å². The molecule has 23 heavy (non-hydrogen) atoms. The lowest BCUT2D eigenvalue weighted by Crippen LogP contribution is -2.43. The molecule has 1 atom stereocenters. The maximum absolute atomic E-state index is 11.7. The van der Waals surface area contributed by atoms with Gasteiger partial charge in [-0.3, -0.25) is 9.59 Å². The summed E-state index contributed by atoms with van der Waals surface area (Å²) in [5, 5.41) is 19.5. The Hall–Kier alpha value is -2.01. The summed E-state index contributed by atoms with van der Waals surface area (Å²) in [5.74, 6) is -0.244. The summed E-state index contributed by atoms with van der Waals surface area (Å²) in [6.45, 7) is 0.585. The van der Waals surface area contributed by atoms with Crippen LogP contribution in [0.4, 0.5) is 0 Å². The first-order valence-electron chi connectivity index (χ1n) is 7.63. The molecule has 2 aliphatic rings. The van der Waals surface area contributed by atoms with Crippen LogP contribution in [-0.4, -0.2) is 39.9 Å². The Kier molecular flexibility index (Phi) is 4.31. The van der Waals surface area contributed by atoms with Crippen LogP contribution in [0.1, 0.15) is 31.2 Å². The molecule has 0 radical (unpaired) electrons. The maximum Gasteiger partial charge on any atom is 0.210 e. The van der Waals surface area contributed by atoms with Crippen LogP contribution in [-0.2, 0) is 16.0 Å². The molecule has 1 aliphatic heterocycles. The number of phenols is 2. The van der Waals surface area contributed by atoms with Crippen LogP contribution in [0.3, 0.4) is 0 Å². The minimum atomic E-state index is -0.266. The zero-order chi connectivity index (χ0) is 16.6. The summed E-state index contributed by atoms with van der Waals surface area (Å²) < 4.78 is 0. The van der Waals surface area contributed by atoms with E-state index in [4.69, 9.17) is 11.6 Å². The summed E-state index contributed by atoms with van der Waals surface area (Å²) in [4.78, 5) is 24.8. The maximum atomic E-state index is 11.7. The van der Waals surface area contributed by atoms with Gasteiger partial charge in [0.2, 0.25) is 6.41 Å². The average molecular weight is 336 g/mol. The Balaban J connectivity index is 1.95. The predicted octanol–water partition coefficient (Wildman–Crippen LogP) is 2.57. The third-order valence-corrected chi connectivity index (χ3v) is 5.06. The highest BCUT2D eigenvalue weighted by Gasteiger charge is 2.32. The van der Waals surface area contributed by atoms with Crippen molar-refractivity contribution >= 4 is 23.8 Å². The lowest BCUT2D eigenvalue weighted by Gasteiger charge is -2.39. The number of aromatic hydroxyl groups is 2. The zero-order valence-electron chi connectivity index (χ0n) is 12.6. The number of halogens is 1. The highest BCUT2D eigenvalue weighted by Crippen LogP contribution is 2.37. The number of hydrogen-bond acceptors (Lipinski definition) is 4. The summed E-state index contributed by atoms with van der Waals surface area (Å²) in [6, 6.07) is 2.59. The van der Waals surface area contributed by atoms with E-state index in [1.165, 1.54) is 12.1 Å². The van der Waals surface area contributed by atoms with Crippen molar-refractivity contribution in [2.45, 2.75) is 38.1 Å². The summed E-state index contributed by atoms with van der Waals surface area (Å²) >= 11 is 6.16. The van der Waals surface area contributed by atoms with E-state index in [1.807, 2.05) is 0 Å². The van der Waals surface area contributed by atoms with Crippen molar-refractivity contribution in [2.24, 2.45) is 0 Å². The molecule has 122 valence electrons. The van der Waals surface area contributed by atoms with Crippen LogP contribution in [0.5, 0.6) is 11.5 Å². The third kappa shape index (κ3) is 3.06. The van der Waals surface area contributed by atoms with Crippen molar-refractivity contribution in [3.05, 3.63) is 33.9 Å². The van der Waals surface area contributed by atoms with E-state index in [1.54, 1.807) is 4.90 Å². The summed E-state index contributed by atoms with van der Waals surface area (Å²) in [5.41, 5.74) is 2.96. The Bertz CT molecular complexity index is 698. The number of hydrogen-bond donors (Lipinski definition) is 2. The molecule has 0 aromatic heterocycles. The zero-order valence-corrected chi connectivity index (χ0v) is 13.3. The van der Waals surface area contributed by atoms with Gasteiger partial charge in [-0.1, -0.05) is 17.2 Å². The van der Waals surface area contributed by atoms with Gasteiger partial charge in [-0.2, -0.15) is 0 Å². The van der Waals surface area contributed by atoms with Gasteiger partial charge in [0, 0.05) is 30.5 Å². The molecule has 3 rings (SSSR count). The highest BCUT2D eigenvalue weighted by atomic mass is 35.5. The quantitative estimate of drug-likeness (QED) is 0.505. The second-order valence-corrected chi connectivity index (χ2v) is 6.50. The highest BCUT2D eigenvalue weighted by molar-refractivity contribution is 6.31. The number of carbonyl (C=O) groups excluding carboxylic acids is 2. The fourth-order valence-electron chi connectivity index (χ4n) is 3.49. The normalized spacial score (nSPS) is 21.3. The van der Waals surface area contributed by atoms with Crippen molar-refractivity contribution in [1.82, 2.24) is 4.90 Å². The molecule has 0 fully saturated rings. The van der Waals surface area contributed by atoms with Gasteiger partial charge in [-0.15, -0.1) is 0 Å². The molecule has 6 heteroatoms. The Morgan fingerprint density at radius 3 is 2.70 bits per heavy atom. The van der Waals surface area contributed by atoms with Gasteiger partial charge in [-0.05, 0) is 36.5 Å². The number of ketones is 1. The largest absolute Gasteiger partial charge is 0.504 e. The van der Waals surface area contributed by atoms with Crippen LogP contribution in [0.15, 0.2) is 23.3 Å². The summed E-state index contributed by atoms with van der Waals surface area (Å²) in [7, 11) is 0. The fraction of sp³-hybridized carbons (Fsp3) is 0.412. The number of benzene rings is 1. The second-order valence-electron chi connectivity index (χ2n) is 6.09. The molecule has 0 saturated carbocycles. The molecule has 0 spiro atoms. The Morgan fingerprint density at radius 2 is 1.96 bits per heavy atom. The number of Topliss-reactive ketones (excluding diaryl/α,β-unsaturated/α-hetero) is 1. The topological polar surface area (TPSA) is 77.8 Å². The summed E-state index contributed by atoms with van der Waals surface area (Å²) in [6.07, 6.45) is 3.69. The van der Waals surface area contributed by atoms with E-state index in [-0.39, 0.29) is 23.3 Å². The molecule has 0 saturated heterocycles. The molecule has 2 N–H and O–H groups in total. The van der Waals surface area contributed by atoms with E-state index in [9.17, 15) is 19.8 Å². The first kappa shape index (κ1) is 15.9. The first-order chi connectivity index (χ1) is 11.0. The van der Waals surface area contributed by atoms with Gasteiger partial charge in [0.1, 0.15) is 5.78 Å². The number of carbonyl (C=O) groups is 2. The number of amides is 1. The minimum Gasteiger partial charge on any atom is -0.504 e. The minimum absolute atomic E-state index is 0.147. The second kappa shape index (κ2) is 6.24. The van der Waals surface area contributed by atoms with Crippen LogP contribution in [0.25, 0.3) is 0 Å². The molecular weight excluding hydrogens is 318 g/mol. The molecule has 1 aromatic rings. The van der Waals surface area contributed by atoms with Crippen molar-refractivity contribution in [3.63, 3.8) is 0 Å². The molecule has 1 heterocycles. The molecule has 0 bridgehead atoms. The number of rotatable bonds is 3. The van der Waals surface area contributed by atoms with Gasteiger partial charge in [0.05, 0.1) is 6.04 Å². The standard InChI is InChI=1S/C17H18ClNO4/c18-14-8-17(23)16(22)7-11(14)6-15-13-2-1-12(21)5-10(13)3-4-19(15)9-20/h7-9,15,22-23H,1-6H2/t15-/m0/s1. The van der Waals surface area contributed by atoms with Crippen LogP contribution < -0.4 is 0 Å². The first-order valence-corrected chi connectivity index (χ1v) is 8.01. The number of nitrogens with zero attached hydrogens (tertiary/aromatic N) is 1. The molecule has 1 aliphatic carbocycles. The predicted molar refractivity (Wildman–Crippen MR) is 85.5 cm³/mol. The monoisotopic (exact) mass is 335 g/mol. The molecule has 1 amide bonds. The van der Waals surface area contributed by atoms with Gasteiger partial charge < -0.3 is 15.1 Å². The Morgan fingerprint density at radius 1 is 1.22 bits per heavy atom. The SMILES string of the molecule is O=CN1CCC2=C(CCC(=O)C2)[C@@H]1Cc1cc(O)c(O)cc1Cl. The fourth-order valence-corrected chi connectivity index (χ4v) is 3.72. The lowest BCUT2D eigenvalue weighted by atomic mass is 9.80. The van der Waals surface area contributed by atoms with Crippen LogP contribution in [0, 0.1) is 0 Å². The average Bonchev–Trinajstić information content (AvgIpc) is 2.52. The van der Waals surface area contributed by atoms with E-state index in [2.05, 4.69) is 0 Å². The van der Waals surface area contributed by atoms with Crippen LogP contribution in [0.2, 0.25) is 5.02 Å². The van der Waals surface area contributed by atoms with Crippen molar-refractivity contribution < 1.29 is 19.8 Å². The van der Waals surface area contributed by atoms with E-state index in [0.29, 0.717) is 42.8 Å². The van der Waals surface area contributed by atoms with Gasteiger partial charge in [0.15, 0.2) is 11.5 Å². The van der Waals surface area contributed by atoms with Gasteiger partial charge in [-0.25, -0.2) is 0 Å². The Labute approximate surface area is 139 Å². The van der Waals surface area contributed by atoms with E-state index >= 15 is 0 Å². The smallest absolute Gasteiger partial charge is 0.210 e. The van der Waals surface area contributed by atoms with E-state index in [0.717, 1.165) is 24.0 Å². The molecule has 1 aromatic carbocycles. The molecule has 5 nitrogen and oxygen atoms in total. The van der Waals surface area contributed by atoms with Crippen molar-refractivity contribution in [1.29, 1.82) is 0 Å². The van der Waals surface area contributed by atoms with E-state index < -0.39 is 0 Å². The lowest BCUT2D eigenvalue weighted by molar-refractivity contribution is -0.120. The van der Waals surface area contributed by atoms with Crippen LogP contribution >= 0.6 is 11.6 Å². The van der Waals surface area contributed by atoms with Crippen molar-refractivity contribution in [2.75, 3.05) is 6.54 Å².